The van der Waals surface area contributed by atoms with Gasteiger partial charge in [-0.1, -0.05) is 12.1 Å². The van der Waals surface area contributed by atoms with Crippen molar-refractivity contribution in [3.05, 3.63) is 24.3 Å². The van der Waals surface area contributed by atoms with E-state index in [9.17, 15) is 20.4 Å². The normalized spacial score (nSPS) is 33.5. The fourth-order valence-corrected chi connectivity index (χ4v) is 5.08. The Labute approximate surface area is 179 Å². The molecule has 0 amide bonds. The maximum Gasteiger partial charge on any atom is 0.161 e. The number of aliphatic hydroxyl groups excluding tert-OH is 2. The summed E-state index contributed by atoms with van der Waals surface area (Å²) in [5.41, 5.74) is -2.60. The van der Waals surface area contributed by atoms with Crippen LogP contribution < -0.4 is 9.47 Å². The standard InChI is InChI=1S/C23H37NO6/c1-3-29-20-8-4-5-9-21(20)30-14-13-24(2)12-6-7-17-10-11-22(27)15-18(25)19(26)16-23(17,22)28/h4-5,8-9,17-19,25-28H,3,6-7,10-16H2,1-2H3. The molecule has 0 saturated heterocycles. The summed E-state index contributed by atoms with van der Waals surface area (Å²) < 4.78 is 11.4. The molecular weight excluding hydrogens is 386 g/mol. The first kappa shape index (κ1) is 23.3. The van der Waals surface area contributed by atoms with Crippen LogP contribution in [0.1, 0.15) is 45.4 Å². The van der Waals surface area contributed by atoms with Crippen LogP contribution in [-0.4, -0.2) is 82.1 Å². The van der Waals surface area contributed by atoms with Crippen LogP contribution in [0.3, 0.4) is 0 Å². The average molecular weight is 424 g/mol. The summed E-state index contributed by atoms with van der Waals surface area (Å²) in [4.78, 5) is 2.19. The molecule has 2 saturated carbocycles. The van der Waals surface area contributed by atoms with Gasteiger partial charge in [0.2, 0.25) is 0 Å². The number of aliphatic hydroxyl groups is 4. The van der Waals surface area contributed by atoms with Crippen LogP contribution in [0.15, 0.2) is 24.3 Å². The van der Waals surface area contributed by atoms with Crippen molar-refractivity contribution in [1.29, 1.82) is 0 Å². The lowest BCUT2D eigenvalue weighted by Crippen LogP contribution is -2.62. The Hall–Kier alpha value is -1.38. The fraction of sp³-hybridized carbons (Fsp3) is 0.739. The van der Waals surface area contributed by atoms with Crippen LogP contribution in [0, 0.1) is 5.92 Å². The fourth-order valence-electron chi connectivity index (χ4n) is 5.08. The van der Waals surface area contributed by atoms with Crippen LogP contribution in [-0.2, 0) is 0 Å². The topological polar surface area (TPSA) is 103 Å². The summed E-state index contributed by atoms with van der Waals surface area (Å²) in [5.74, 6) is 1.44. The largest absolute Gasteiger partial charge is 0.490 e. The number of para-hydroxylation sites is 2. The van der Waals surface area contributed by atoms with E-state index in [0.29, 0.717) is 26.1 Å². The van der Waals surface area contributed by atoms with Crippen molar-refractivity contribution in [2.45, 2.75) is 68.9 Å². The summed E-state index contributed by atoms with van der Waals surface area (Å²) >= 11 is 0. The molecule has 0 heterocycles. The van der Waals surface area contributed by atoms with Crippen LogP contribution in [0.2, 0.25) is 0 Å². The predicted molar refractivity (Wildman–Crippen MR) is 114 cm³/mol. The van der Waals surface area contributed by atoms with Gasteiger partial charge in [0.15, 0.2) is 11.5 Å². The molecule has 30 heavy (non-hydrogen) atoms. The minimum absolute atomic E-state index is 0.0399. The van der Waals surface area contributed by atoms with Gasteiger partial charge in [-0.3, -0.25) is 0 Å². The molecule has 2 aliphatic carbocycles. The van der Waals surface area contributed by atoms with E-state index in [1.807, 2.05) is 38.2 Å². The SMILES string of the molecule is CCOc1ccccc1OCCN(C)CCCC1CCC2(O)CC(O)C(O)CC12O. The Morgan fingerprint density at radius 2 is 1.70 bits per heavy atom. The van der Waals surface area contributed by atoms with Crippen molar-refractivity contribution in [3.8, 4) is 11.5 Å². The van der Waals surface area contributed by atoms with E-state index < -0.39 is 23.4 Å². The van der Waals surface area contributed by atoms with Crippen molar-refractivity contribution in [1.82, 2.24) is 4.90 Å². The number of ether oxygens (including phenoxy) is 2. The average Bonchev–Trinajstić information content (AvgIpc) is 2.94. The van der Waals surface area contributed by atoms with E-state index in [0.717, 1.165) is 37.4 Å². The summed E-state index contributed by atoms with van der Waals surface area (Å²) in [7, 11) is 2.04. The minimum Gasteiger partial charge on any atom is -0.490 e. The number of hydrogen-bond acceptors (Lipinski definition) is 7. The molecule has 2 fully saturated rings. The molecule has 0 spiro atoms. The molecule has 7 nitrogen and oxygen atoms in total. The molecule has 5 unspecified atom stereocenters. The zero-order valence-corrected chi connectivity index (χ0v) is 18.2. The third kappa shape index (κ3) is 4.92. The molecule has 4 N–H and O–H groups in total. The second kappa shape index (κ2) is 9.83. The highest BCUT2D eigenvalue weighted by molar-refractivity contribution is 5.39. The Morgan fingerprint density at radius 3 is 2.40 bits per heavy atom. The second-order valence-electron chi connectivity index (χ2n) is 8.91. The van der Waals surface area contributed by atoms with Gasteiger partial charge in [-0.2, -0.15) is 0 Å². The summed E-state index contributed by atoms with van der Waals surface area (Å²) in [5, 5.41) is 41.9. The Balaban J connectivity index is 1.41. The van der Waals surface area contributed by atoms with E-state index in [4.69, 9.17) is 9.47 Å². The van der Waals surface area contributed by atoms with Crippen LogP contribution in [0.4, 0.5) is 0 Å². The minimum atomic E-state index is -1.31. The number of benzene rings is 1. The number of hydrogen-bond donors (Lipinski definition) is 4. The molecule has 1 aromatic rings. The van der Waals surface area contributed by atoms with Crippen LogP contribution in [0.5, 0.6) is 11.5 Å². The summed E-state index contributed by atoms with van der Waals surface area (Å²) in [6.45, 7) is 4.72. The Bertz CT molecular complexity index is 687. The lowest BCUT2D eigenvalue weighted by molar-refractivity contribution is -0.220. The zero-order chi connectivity index (χ0) is 21.8. The second-order valence-corrected chi connectivity index (χ2v) is 8.91. The van der Waals surface area contributed by atoms with Crippen molar-refractivity contribution in [2.75, 3.05) is 33.4 Å². The summed E-state index contributed by atoms with van der Waals surface area (Å²) in [6, 6.07) is 7.66. The highest BCUT2D eigenvalue weighted by Gasteiger charge is 2.62. The molecule has 1 aromatic carbocycles. The molecular formula is C23H37NO6. The van der Waals surface area contributed by atoms with Gasteiger partial charge < -0.3 is 34.8 Å². The van der Waals surface area contributed by atoms with E-state index in [-0.39, 0.29) is 18.8 Å². The quantitative estimate of drug-likeness (QED) is 0.453. The first-order valence-electron chi connectivity index (χ1n) is 11.1. The van der Waals surface area contributed by atoms with Gasteiger partial charge in [0.25, 0.3) is 0 Å². The monoisotopic (exact) mass is 423 g/mol. The zero-order valence-electron chi connectivity index (χ0n) is 18.2. The maximum atomic E-state index is 11.2. The van der Waals surface area contributed by atoms with E-state index >= 15 is 0 Å². The van der Waals surface area contributed by atoms with Crippen LogP contribution >= 0.6 is 0 Å². The first-order valence-corrected chi connectivity index (χ1v) is 11.1. The lowest BCUT2D eigenvalue weighted by atomic mass is 9.67. The Morgan fingerprint density at radius 1 is 1.03 bits per heavy atom. The number of nitrogens with zero attached hydrogens (tertiary/aromatic N) is 1. The molecule has 5 atom stereocenters. The highest BCUT2D eigenvalue weighted by Crippen LogP contribution is 2.53. The van der Waals surface area contributed by atoms with Gasteiger partial charge in [-0.15, -0.1) is 0 Å². The van der Waals surface area contributed by atoms with Crippen molar-refractivity contribution in [2.24, 2.45) is 5.92 Å². The predicted octanol–water partition coefficient (Wildman–Crippen LogP) is 1.56. The van der Waals surface area contributed by atoms with E-state index in [1.165, 1.54) is 0 Å². The number of likely N-dealkylation sites (N-methyl/N-ethyl adjacent to an activating group) is 1. The summed E-state index contributed by atoms with van der Waals surface area (Å²) in [6.07, 6.45) is 0.991. The highest BCUT2D eigenvalue weighted by atomic mass is 16.5. The van der Waals surface area contributed by atoms with Crippen molar-refractivity contribution >= 4 is 0 Å². The van der Waals surface area contributed by atoms with E-state index in [1.54, 1.807) is 0 Å². The van der Waals surface area contributed by atoms with Crippen LogP contribution in [0.25, 0.3) is 0 Å². The Kier molecular flexibility index (Phi) is 7.63. The molecule has 7 heteroatoms. The number of rotatable bonds is 10. The first-order chi connectivity index (χ1) is 14.3. The van der Waals surface area contributed by atoms with Gasteiger partial charge in [0.05, 0.1) is 30.0 Å². The smallest absolute Gasteiger partial charge is 0.161 e. The van der Waals surface area contributed by atoms with Gasteiger partial charge >= 0.3 is 0 Å². The number of fused-ring (bicyclic) bond motifs is 1. The molecule has 0 aliphatic heterocycles. The molecule has 170 valence electrons. The lowest BCUT2D eigenvalue weighted by Gasteiger charge is -2.48. The third-order valence-electron chi connectivity index (χ3n) is 6.87. The van der Waals surface area contributed by atoms with Gasteiger partial charge in [-0.05, 0) is 64.3 Å². The molecule has 3 rings (SSSR count). The van der Waals surface area contributed by atoms with Gasteiger partial charge in [-0.25, -0.2) is 0 Å². The molecule has 2 aliphatic rings. The van der Waals surface area contributed by atoms with Crippen molar-refractivity contribution in [3.63, 3.8) is 0 Å². The van der Waals surface area contributed by atoms with Gasteiger partial charge in [0, 0.05) is 19.4 Å². The molecule has 0 bridgehead atoms. The molecule has 0 radical (unpaired) electrons. The third-order valence-corrected chi connectivity index (χ3v) is 6.87. The molecule has 0 aromatic heterocycles. The van der Waals surface area contributed by atoms with Crippen molar-refractivity contribution < 1.29 is 29.9 Å². The maximum absolute atomic E-state index is 11.2. The van der Waals surface area contributed by atoms with Gasteiger partial charge in [0.1, 0.15) is 6.61 Å². The van der Waals surface area contributed by atoms with E-state index in [2.05, 4.69) is 4.90 Å².